The lowest BCUT2D eigenvalue weighted by Gasteiger charge is -2.22. The number of anilines is 1. The Hall–Kier alpha value is -4.82. The van der Waals surface area contributed by atoms with Crippen LogP contribution in [0.25, 0.3) is 11.3 Å². The van der Waals surface area contributed by atoms with Crippen LogP contribution in [0.4, 0.5) is 5.82 Å². The van der Waals surface area contributed by atoms with Crippen LogP contribution in [0.1, 0.15) is 45.1 Å². The van der Waals surface area contributed by atoms with E-state index in [2.05, 4.69) is 27.2 Å². The molecule has 0 aliphatic rings. The summed E-state index contributed by atoms with van der Waals surface area (Å²) in [5, 5.41) is 7.93. The Labute approximate surface area is 269 Å². The molecular formula is C34H30ClN5O4S. The van der Waals surface area contributed by atoms with E-state index in [1.165, 1.54) is 40.0 Å². The minimum atomic E-state index is -0.886. The number of carbonyl (C=O) groups excluding carboxylic acids is 2. The minimum Gasteiger partial charge on any atom is -0.384 e. The molecule has 4 aromatic heterocycles. The van der Waals surface area contributed by atoms with Crippen molar-refractivity contribution in [3.63, 3.8) is 0 Å². The molecule has 9 nitrogen and oxygen atoms in total. The third-order valence-corrected chi connectivity index (χ3v) is 8.11. The smallest absolute Gasteiger partial charge is 0.256 e. The minimum absolute atomic E-state index is 0.182. The van der Waals surface area contributed by atoms with E-state index >= 15 is 0 Å². The van der Waals surface area contributed by atoms with Gasteiger partial charge < -0.3 is 10.1 Å². The van der Waals surface area contributed by atoms with E-state index in [4.69, 9.17) is 16.3 Å². The zero-order valence-corrected chi connectivity index (χ0v) is 26.5. The van der Waals surface area contributed by atoms with Gasteiger partial charge in [-0.15, -0.1) is 11.3 Å². The maximum Gasteiger partial charge on any atom is 0.256 e. The lowest BCUT2D eigenvalue weighted by molar-refractivity contribution is 0.0529. The van der Waals surface area contributed by atoms with Crippen molar-refractivity contribution in [1.82, 2.24) is 19.3 Å². The predicted molar refractivity (Wildman–Crippen MR) is 176 cm³/mol. The summed E-state index contributed by atoms with van der Waals surface area (Å²) in [6, 6.07) is 21.2. The molecule has 45 heavy (non-hydrogen) atoms. The van der Waals surface area contributed by atoms with E-state index in [-0.39, 0.29) is 24.8 Å². The van der Waals surface area contributed by atoms with Gasteiger partial charge in [0.2, 0.25) is 0 Å². The average molecular weight is 640 g/mol. The fraction of sp³-hybridized carbons (Fsp3) is 0.206. The second-order valence-electron chi connectivity index (χ2n) is 10.8. The quantitative estimate of drug-likeness (QED) is 0.147. The van der Waals surface area contributed by atoms with Gasteiger partial charge in [-0.05, 0) is 62.2 Å². The Kier molecular flexibility index (Phi) is 9.74. The Balaban J connectivity index is 1.58. The summed E-state index contributed by atoms with van der Waals surface area (Å²) in [6.45, 7) is 3.92. The number of rotatable bonds is 10. The number of methoxy groups -OCH3 is 1. The molecule has 1 N–H and O–H groups in total. The Morgan fingerprint density at radius 3 is 2.53 bits per heavy atom. The van der Waals surface area contributed by atoms with Crippen molar-refractivity contribution in [2.75, 3.05) is 19.0 Å². The Morgan fingerprint density at radius 2 is 1.84 bits per heavy atom. The number of ketones is 1. The number of hydrogen-bond donors (Lipinski definition) is 1. The molecule has 0 atom stereocenters. The van der Waals surface area contributed by atoms with Crippen LogP contribution in [-0.4, -0.2) is 44.7 Å². The van der Waals surface area contributed by atoms with Gasteiger partial charge in [-0.2, -0.15) is 9.78 Å². The van der Waals surface area contributed by atoms with E-state index in [1.54, 1.807) is 44.3 Å². The maximum absolute atomic E-state index is 13.7. The van der Waals surface area contributed by atoms with Crippen molar-refractivity contribution in [3.05, 3.63) is 122 Å². The van der Waals surface area contributed by atoms with Gasteiger partial charge in [0.25, 0.3) is 11.5 Å². The number of benzene rings is 1. The van der Waals surface area contributed by atoms with Gasteiger partial charge in [-0.25, -0.2) is 0 Å². The van der Waals surface area contributed by atoms with Crippen LogP contribution in [0.5, 0.6) is 0 Å². The van der Waals surface area contributed by atoms with Crippen LogP contribution >= 0.6 is 22.9 Å². The predicted octanol–water partition coefficient (Wildman–Crippen LogP) is 6.03. The number of pyridine rings is 2. The second kappa shape index (κ2) is 13.9. The number of nitrogens with zero attached hydrogens (tertiary/aromatic N) is 4. The van der Waals surface area contributed by atoms with E-state index in [9.17, 15) is 14.4 Å². The van der Waals surface area contributed by atoms with Gasteiger partial charge in [0.05, 0.1) is 40.8 Å². The van der Waals surface area contributed by atoms with Crippen LogP contribution < -0.4 is 10.9 Å². The van der Waals surface area contributed by atoms with Gasteiger partial charge in [-0.3, -0.25) is 23.9 Å². The SMILES string of the molecule is COCC(C)(C)C(=O)n1nc(-c2cc(C#Cc3ccccc3)n(CC(=O)c3cccnc3)c(=O)c2)cc1NCc1ccc(Cl)s1. The zero-order valence-electron chi connectivity index (χ0n) is 24.9. The van der Waals surface area contributed by atoms with Gasteiger partial charge >= 0.3 is 0 Å². The Morgan fingerprint density at radius 1 is 1.04 bits per heavy atom. The van der Waals surface area contributed by atoms with Crippen molar-refractivity contribution >= 4 is 40.4 Å². The number of nitrogens with one attached hydrogen (secondary N) is 1. The summed E-state index contributed by atoms with van der Waals surface area (Å²) in [5.41, 5.74) is 0.954. The summed E-state index contributed by atoms with van der Waals surface area (Å²) in [6.07, 6.45) is 3.04. The molecule has 0 aliphatic carbocycles. The van der Waals surface area contributed by atoms with E-state index in [0.29, 0.717) is 39.2 Å². The van der Waals surface area contributed by atoms with Crippen LogP contribution in [0, 0.1) is 17.3 Å². The number of ether oxygens (including phenoxy) is 1. The van der Waals surface area contributed by atoms with Crippen molar-refractivity contribution in [2.24, 2.45) is 5.41 Å². The second-order valence-corrected chi connectivity index (χ2v) is 12.6. The highest BCUT2D eigenvalue weighted by molar-refractivity contribution is 7.16. The van der Waals surface area contributed by atoms with Gasteiger partial charge in [0, 0.05) is 53.2 Å². The molecule has 5 rings (SSSR count). The largest absolute Gasteiger partial charge is 0.384 e. The van der Waals surface area contributed by atoms with Crippen molar-refractivity contribution < 1.29 is 14.3 Å². The first kappa shape index (κ1) is 31.6. The van der Waals surface area contributed by atoms with Crippen LogP contribution in [0.3, 0.4) is 0 Å². The van der Waals surface area contributed by atoms with E-state index < -0.39 is 11.0 Å². The highest BCUT2D eigenvalue weighted by atomic mass is 35.5. The van der Waals surface area contributed by atoms with Gasteiger partial charge in [0.15, 0.2) is 5.78 Å². The standard InChI is InChI=1S/C34H30ClN5O4S/c1-34(2,22-44-3)33(43)40-31(37-20-27-13-14-30(35)45-27)18-28(38-40)25-16-26(12-11-23-8-5-4-6-9-23)39(32(42)17-25)21-29(41)24-10-7-15-36-19-24/h4-10,13-19,37H,20-22H2,1-3H3. The molecule has 0 aliphatic heterocycles. The number of hydrogen-bond acceptors (Lipinski definition) is 8. The first-order valence-corrected chi connectivity index (χ1v) is 15.2. The molecule has 4 heterocycles. The molecule has 5 aromatic rings. The van der Waals surface area contributed by atoms with Crippen molar-refractivity contribution in [1.29, 1.82) is 0 Å². The normalized spacial score (nSPS) is 11.1. The molecular weight excluding hydrogens is 610 g/mol. The number of carbonyl (C=O) groups is 2. The summed E-state index contributed by atoms with van der Waals surface area (Å²) >= 11 is 7.54. The number of Topliss-reactive ketones (excluding diaryl/α,β-unsaturated/α-hetero) is 1. The molecule has 0 amide bonds. The molecule has 0 spiro atoms. The van der Waals surface area contributed by atoms with Crippen LogP contribution in [-0.2, 0) is 17.8 Å². The lowest BCUT2D eigenvalue weighted by Crippen LogP contribution is -2.35. The fourth-order valence-electron chi connectivity index (χ4n) is 4.57. The molecule has 0 fully saturated rings. The number of aromatic nitrogens is 4. The topological polar surface area (TPSA) is 108 Å². The zero-order chi connectivity index (χ0) is 32.0. The highest BCUT2D eigenvalue weighted by Crippen LogP contribution is 2.28. The van der Waals surface area contributed by atoms with Gasteiger partial charge in [0.1, 0.15) is 5.82 Å². The summed E-state index contributed by atoms with van der Waals surface area (Å²) in [5.74, 6) is 6.02. The summed E-state index contributed by atoms with van der Waals surface area (Å²) in [4.78, 5) is 45.3. The lowest BCUT2D eigenvalue weighted by atomic mass is 9.94. The summed E-state index contributed by atoms with van der Waals surface area (Å²) in [7, 11) is 1.54. The molecule has 0 unspecified atom stereocenters. The number of halogens is 1. The number of thiophene rings is 1. The van der Waals surface area contributed by atoms with Crippen LogP contribution in [0.15, 0.2) is 90.0 Å². The fourth-order valence-corrected chi connectivity index (χ4v) is 5.60. The molecule has 0 radical (unpaired) electrons. The molecule has 0 saturated heterocycles. The first-order chi connectivity index (χ1) is 21.6. The highest BCUT2D eigenvalue weighted by Gasteiger charge is 2.32. The molecule has 11 heteroatoms. The first-order valence-electron chi connectivity index (χ1n) is 14.0. The van der Waals surface area contributed by atoms with Crippen LogP contribution in [0.2, 0.25) is 4.34 Å². The average Bonchev–Trinajstić information content (AvgIpc) is 3.66. The van der Waals surface area contributed by atoms with Gasteiger partial charge in [-0.1, -0.05) is 35.7 Å². The third-order valence-electron chi connectivity index (χ3n) is 6.88. The maximum atomic E-state index is 13.7. The van der Waals surface area contributed by atoms with Crippen molar-refractivity contribution in [2.45, 2.75) is 26.9 Å². The van der Waals surface area contributed by atoms with E-state index in [0.717, 1.165) is 10.4 Å². The monoisotopic (exact) mass is 639 g/mol. The summed E-state index contributed by atoms with van der Waals surface area (Å²) < 4.78 is 8.59. The molecule has 0 saturated carbocycles. The Bertz CT molecular complexity index is 1950. The van der Waals surface area contributed by atoms with E-state index in [1.807, 2.05) is 42.5 Å². The molecule has 228 valence electrons. The third kappa shape index (κ3) is 7.64. The molecule has 0 bridgehead atoms. The van der Waals surface area contributed by atoms with Crippen molar-refractivity contribution in [3.8, 4) is 23.1 Å². The molecule has 1 aromatic carbocycles.